The molecule has 1 aromatic heterocycles. The van der Waals surface area contributed by atoms with Gasteiger partial charge in [0.15, 0.2) is 0 Å². The van der Waals surface area contributed by atoms with Crippen molar-refractivity contribution in [2.75, 3.05) is 0 Å². The van der Waals surface area contributed by atoms with Crippen LogP contribution >= 0.6 is 0 Å². The summed E-state index contributed by atoms with van der Waals surface area (Å²) < 4.78 is 2.14. The molecule has 1 aliphatic rings. The van der Waals surface area contributed by atoms with E-state index in [2.05, 4.69) is 26.7 Å². The zero-order valence-corrected chi connectivity index (χ0v) is 8.30. The number of hydrogen-bond acceptors (Lipinski definition) is 2. The maximum atomic E-state index is 4.38. The Morgan fingerprint density at radius 1 is 1.13 bits per heavy atom. The summed E-state index contributed by atoms with van der Waals surface area (Å²) in [6.45, 7) is 0.717. The van der Waals surface area contributed by atoms with Crippen LogP contribution in [-0.2, 0) is 13.0 Å². The van der Waals surface area contributed by atoms with E-state index in [0.717, 1.165) is 18.7 Å². The summed E-state index contributed by atoms with van der Waals surface area (Å²) in [6, 6.07) is 10.3. The summed E-state index contributed by atoms with van der Waals surface area (Å²) in [7, 11) is 0. The molecule has 0 spiro atoms. The van der Waals surface area contributed by atoms with Crippen molar-refractivity contribution >= 4 is 6.21 Å². The van der Waals surface area contributed by atoms with E-state index in [0.29, 0.717) is 0 Å². The third-order valence-electron chi connectivity index (χ3n) is 2.64. The van der Waals surface area contributed by atoms with Crippen LogP contribution in [0.25, 0.3) is 5.69 Å². The van der Waals surface area contributed by atoms with E-state index in [4.69, 9.17) is 0 Å². The number of nitrogens with zero attached hydrogens (tertiary/aromatic N) is 3. The predicted molar refractivity (Wildman–Crippen MR) is 59.5 cm³/mol. The van der Waals surface area contributed by atoms with Gasteiger partial charge in [-0.2, -0.15) is 0 Å². The van der Waals surface area contributed by atoms with Crippen LogP contribution < -0.4 is 0 Å². The molecule has 3 heteroatoms. The highest BCUT2D eigenvalue weighted by atomic mass is 15.1. The molecule has 0 amide bonds. The number of imidazole rings is 1. The van der Waals surface area contributed by atoms with Gasteiger partial charge in [-0.25, -0.2) is 4.98 Å². The second-order valence-corrected chi connectivity index (χ2v) is 3.57. The average molecular weight is 197 g/mol. The second kappa shape index (κ2) is 3.35. The normalized spacial score (nSPS) is 13.9. The number of benzene rings is 1. The van der Waals surface area contributed by atoms with Crippen LogP contribution in [0, 0.1) is 0 Å². The molecule has 0 radical (unpaired) electrons. The molecule has 2 heterocycles. The Morgan fingerprint density at radius 2 is 2.00 bits per heavy atom. The van der Waals surface area contributed by atoms with Gasteiger partial charge < -0.3 is 4.57 Å². The van der Waals surface area contributed by atoms with Crippen LogP contribution in [0.5, 0.6) is 0 Å². The van der Waals surface area contributed by atoms with Crippen molar-refractivity contribution in [1.29, 1.82) is 0 Å². The molecule has 74 valence electrons. The van der Waals surface area contributed by atoms with Gasteiger partial charge in [-0.15, -0.1) is 0 Å². The number of rotatable bonds is 1. The monoisotopic (exact) mass is 197 g/mol. The van der Waals surface area contributed by atoms with E-state index >= 15 is 0 Å². The highest BCUT2D eigenvalue weighted by molar-refractivity contribution is 5.63. The maximum Gasteiger partial charge on any atom is 0.0998 e. The fraction of sp³-hybridized carbons (Fsp3) is 0.167. The summed E-state index contributed by atoms with van der Waals surface area (Å²) in [5, 5.41) is 0. The van der Waals surface area contributed by atoms with Gasteiger partial charge in [-0.3, -0.25) is 4.99 Å². The van der Waals surface area contributed by atoms with Gasteiger partial charge in [0.25, 0.3) is 0 Å². The van der Waals surface area contributed by atoms with Gasteiger partial charge in [0.1, 0.15) is 0 Å². The molecule has 0 fully saturated rings. The van der Waals surface area contributed by atoms with Crippen LogP contribution in [0.15, 0.2) is 41.7 Å². The van der Waals surface area contributed by atoms with Crippen molar-refractivity contribution in [3.8, 4) is 5.69 Å². The van der Waals surface area contributed by atoms with Gasteiger partial charge in [0.05, 0.1) is 24.3 Å². The standard InChI is InChI=1S/C12H11N3/c1-2-4-10(5-3-1)15-9-14-11-8-13-7-6-12(11)15/h1-5,7,9H,6,8H2. The highest BCUT2D eigenvalue weighted by Gasteiger charge is 2.12. The molecule has 2 aromatic rings. The number of para-hydroxylation sites is 1. The molecule has 0 saturated heterocycles. The van der Waals surface area contributed by atoms with Gasteiger partial charge in [0.2, 0.25) is 0 Å². The van der Waals surface area contributed by atoms with Gasteiger partial charge in [-0.05, 0) is 12.1 Å². The minimum absolute atomic E-state index is 0.717. The lowest BCUT2D eigenvalue weighted by Crippen LogP contribution is -2.05. The molecule has 15 heavy (non-hydrogen) atoms. The van der Waals surface area contributed by atoms with Crippen molar-refractivity contribution in [2.45, 2.75) is 13.0 Å². The minimum atomic E-state index is 0.717. The quantitative estimate of drug-likeness (QED) is 0.687. The van der Waals surface area contributed by atoms with Crippen molar-refractivity contribution in [1.82, 2.24) is 9.55 Å². The Labute approximate surface area is 88.1 Å². The predicted octanol–water partition coefficient (Wildman–Crippen LogP) is 2.00. The van der Waals surface area contributed by atoms with E-state index in [-0.39, 0.29) is 0 Å². The van der Waals surface area contributed by atoms with E-state index in [1.165, 1.54) is 11.4 Å². The Hall–Kier alpha value is -1.90. The van der Waals surface area contributed by atoms with E-state index in [1.54, 1.807) is 0 Å². The van der Waals surface area contributed by atoms with Crippen LogP contribution in [0.2, 0.25) is 0 Å². The largest absolute Gasteiger partial charge is 0.303 e. The molecule has 0 N–H and O–H groups in total. The fourth-order valence-corrected chi connectivity index (χ4v) is 1.87. The molecule has 0 bridgehead atoms. The molecule has 3 rings (SSSR count). The SMILES string of the molecule is C1=NCc2ncn(-c3ccccc3)c2C1. The molecule has 0 atom stereocenters. The Bertz CT molecular complexity index is 497. The topological polar surface area (TPSA) is 30.2 Å². The van der Waals surface area contributed by atoms with E-state index < -0.39 is 0 Å². The third-order valence-corrected chi connectivity index (χ3v) is 2.64. The lowest BCUT2D eigenvalue weighted by molar-refractivity contribution is 0.917. The molecule has 0 aliphatic carbocycles. The summed E-state index contributed by atoms with van der Waals surface area (Å²) in [5.74, 6) is 0. The highest BCUT2D eigenvalue weighted by Crippen LogP contribution is 2.17. The smallest absolute Gasteiger partial charge is 0.0998 e. The number of hydrogen-bond donors (Lipinski definition) is 0. The minimum Gasteiger partial charge on any atom is -0.303 e. The number of aliphatic imine (C=N–C) groups is 1. The molecular formula is C12H11N3. The Morgan fingerprint density at radius 3 is 2.87 bits per heavy atom. The van der Waals surface area contributed by atoms with Crippen molar-refractivity contribution < 1.29 is 0 Å². The molecule has 0 saturated carbocycles. The lowest BCUT2D eigenvalue weighted by Gasteiger charge is -2.09. The van der Waals surface area contributed by atoms with Crippen molar-refractivity contribution in [2.24, 2.45) is 4.99 Å². The van der Waals surface area contributed by atoms with Gasteiger partial charge in [0, 0.05) is 18.3 Å². The summed E-state index contributed by atoms with van der Waals surface area (Å²) in [5.41, 5.74) is 3.53. The number of aromatic nitrogens is 2. The molecule has 0 unspecified atom stereocenters. The van der Waals surface area contributed by atoms with Crippen LogP contribution in [-0.4, -0.2) is 15.8 Å². The Kier molecular flexibility index (Phi) is 1.88. The summed E-state index contributed by atoms with van der Waals surface area (Å²) in [6.07, 6.45) is 4.72. The first-order valence-electron chi connectivity index (χ1n) is 5.04. The zero-order valence-electron chi connectivity index (χ0n) is 8.30. The Balaban J connectivity index is 2.11. The van der Waals surface area contributed by atoms with E-state index in [9.17, 15) is 0 Å². The molecule has 3 nitrogen and oxygen atoms in total. The summed E-state index contributed by atoms with van der Waals surface area (Å²) >= 11 is 0. The lowest BCUT2D eigenvalue weighted by atomic mass is 10.2. The summed E-state index contributed by atoms with van der Waals surface area (Å²) in [4.78, 5) is 8.61. The van der Waals surface area contributed by atoms with Gasteiger partial charge in [-0.1, -0.05) is 18.2 Å². The first-order valence-corrected chi connectivity index (χ1v) is 5.04. The van der Waals surface area contributed by atoms with Gasteiger partial charge >= 0.3 is 0 Å². The van der Waals surface area contributed by atoms with Crippen LogP contribution in [0.1, 0.15) is 11.4 Å². The fourth-order valence-electron chi connectivity index (χ4n) is 1.87. The first kappa shape index (κ1) is 8.41. The molecule has 1 aromatic carbocycles. The first-order chi connectivity index (χ1) is 7.45. The third kappa shape index (κ3) is 1.36. The molecular weight excluding hydrogens is 186 g/mol. The van der Waals surface area contributed by atoms with Crippen molar-refractivity contribution in [3.05, 3.63) is 48.0 Å². The molecule has 1 aliphatic heterocycles. The second-order valence-electron chi connectivity index (χ2n) is 3.57. The van der Waals surface area contributed by atoms with Crippen LogP contribution in [0.3, 0.4) is 0 Å². The van der Waals surface area contributed by atoms with E-state index in [1.807, 2.05) is 30.7 Å². The maximum absolute atomic E-state index is 4.38. The van der Waals surface area contributed by atoms with Crippen molar-refractivity contribution in [3.63, 3.8) is 0 Å². The van der Waals surface area contributed by atoms with Crippen LogP contribution in [0.4, 0.5) is 0 Å². The number of fused-ring (bicyclic) bond motifs is 1. The average Bonchev–Trinajstić information content (AvgIpc) is 2.74. The zero-order chi connectivity index (χ0) is 10.1.